The first-order valence-electron chi connectivity index (χ1n) is 4.59. The van der Waals surface area contributed by atoms with Crippen LogP contribution in [0.5, 0.6) is 0 Å². The van der Waals surface area contributed by atoms with E-state index in [-0.39, 0.29) is 19.6 Å². The van der Waals surface area contributed by atoms with Crippen LogP contribution in [0.2, 0.25) is 0 Å². The molecule has 0 aromatic carbocycles. The molecule has 0 aromatic rings. The van der Waals surface area contributed by atoms with Gasteiger partial charge in [0, 0.05) is 6.54 Å². The molecule has 0 rings (SSSR count). The minimum absolute atomic E-state index is 0.238. The minimum Gasteiger partial charge on any atom is -0.480 e. The quantitative estimate of drug-likeness (QED) is 0.540. The first kappa shape index (κ1) is 13.9. The Hall–Kier alpha value is -1.14. The number of aliphatic hydroxyl groups is 1. The minimum atomic E-state index is -1.08. The molecule has 0 unspecified atom stereocenters. The lowest BCUT2D eigenvalue weighted by atomic mass is 10.1. The van der Waals surface area contributed by atoms with Crippen LogP contribution in [0, 0.1) is 0 Å². The predicted molar refractivity (Wildman–Crippen MR) is 52.6 cm³/mol. The Labute approximate surface area is 88.1 Å². The fourth-order valence-electron chi connectivity index (χ4n) is 1.03. The molecule has 0 fully saturated rings. The van der Waals surface area contributed by atoms with E-state index in [4.69, 9.17) is 10.2 Å². The highest BCUT2D eigenvalue weighted by Crippen LogP contribution is 2.08. The van der Waals surface area contributed by atoms with Crippen LogP contribution in [0.4, 0.5) is 0 Å². The summed E-state index contributed by atoms with van der Waals surface area (Å²) in [5.74, 6) is -2.15. The summed E-state index contributed by atoms with van der Waals surface area (Å²) in [7, 11) is 0. The molecule has 88 valence electrons. The maximum absolute atomic E-state index is 10.4. The number of carboxylic acid groups (broad SMARTS) is 2. The molecule has 0 aliphatic rings. The van der Waals surface area contributed by atoms with Crippen molar-refractivity contribution in [2.75, 3.05) is 19.6 Å². The molecule has 0 aliphatic heterocycles. The second-order valence-corrected chi connectivity index (χ2v) is 4.06. The number of hydrogen-bond donors (Lipinski definition) is 3. The second-order valence-electron chi connectivity index (χ2n) is 4.06. The van der Waals surface area contributed by atoms with E-state index in [0.717, 1.165) is 0 Å². The van der Waals surface area contributed by atoms with Gasteiger partial charge in [-0.1, -0.05) is 0 Å². The molecule has 0 saturated heterocycles. The average molecular weight is 219 g/mol. The Balaban J connectivity index is 4.12. The molecule has 0 aromatic heterocycles. The van der Waals surface area contributed by atoms with E-state index in [1.165, 1.54) is 4.90 Å². The van der Waals surface area contributed by atoms with Gasteiger partial charge in [0.2, 0.25) is 0 Å². The third-order valence-corrected chi connectivity index (χ3v) is 1.76. The van der Waals surface area contributed by atoms with Gasteiger partial charge in [0.25, 0.3) is 0 Å². The smallest absolute Gasteiger partial charge is 0.317 e. The van der Waals surface area contributed by atoms with Crippen molar-refractivity contribution in [3.8, 4) is 0 Å². The summed E-state index contributed by atoms with van der Waals surface area (Å²) < 4.78 is 0. The van der Waals surface area contributed by atoms with E-state index in [1.54, 1.807) is 13.8 Å². The third kappa shape index (κ3) is 9.17. The maximum atomic E-state index is 10.4. The molecule has 0 heterocycles. The van der Waals surface area contributed by atoms with Gasteiger partial charge in [0.05, 0.1) is 18.7 Å². The molecule has 0 bridgehead atoms. The van der Waals surface area contributed by atoms with Crippen molar-refractivity contribution in [2.24, 2.45) is 0 Å². The Morgan fingerprint density at radius 1 is 1.13 bits per heavy atom. The normalized spacial score (nSPS) is 11.7. The van der Waals surface area contributed by atoms with E-state index < -0.39 is 17.5 Å². The summed E-state index contributed by atoms with van der Waals surface area (Å²) >= 11 is 0. The average Bonchev–Trinajstić information content (AvgIpc) is 1.96. The van der Waals surface area contributed by atoms with Crippen LogP contribution in [-0.4, -0.2) is 57.4 Å². The number of aliphatic carboxylic acids is 2. The summed E-state index contributed by atoms with van der Waals surface area (Å²) in [6.07, 6.45) is 0.327. The Kier molecular flexibility index (Phi) is 5.24. The highest BCUT2D eigenvalue weighted by Gasteiger charge is 2.18. The molecular formula is C9H17NO5. The van der Waals surface area contributed by atoms with Crippen LogP contribution in [0.15, 0.2) is 0 Å². The zero-order valence-electron chi connectivity index (χ0n) is 8.93. The molecule has 3 N–H and O–H groups in total. The molecule has 15 heavy (non-hydrogen) atoms. The van der Waals surface area contributed by atoms with E-state index in [1.807, 2.05) is 0 Å². The van der Waals surface area contributed by atoms with Crippen LogP contribution >= 0.6 is 0 Å². The summed E-state index contributed by atoms with van der Waals surface area (Å²) in [6.45, 7) is 2.76. The number of nitrogens with zero attached hydrogens (tertiary/aromatic N) is 1. The van der Waals surface area contributed by atoms with Gasteiger partial charge in [-0.15, -0.1) is 0 Å². The monoisotopic (exact) mass is 219 g/mol. The standard InChI is InChI=1S/C9H17NO5/c1-9(2,15)3-4-10(5-7(11)12)6-8(13)14/h15H,3-6H2,1-2H3,(H,11,12)(H,13,14). The molecule has 6 heteroatoms. The van der Waals surface area contributed by atoms with Gasteiger partial charge in [-0.2, -0.15) is 0 Å². The number of hydrogen-bond acceptors (Lipinski definition) is 4. The van der Waals surface area contributed by atoms with E-state index in [2.05, 4.69) is 0 Å². The lowest BCUT2D eigenvalue weighted by molar-refractivity contribution is -0.142. The molecule has 0 atom stereocenters. The molecule has 6 nitrogen and oxygen atoms in total. The SMILES string of the molecule is CC(C)(O)CCN(CC(=O)O)CC(=O)O. The lowest BCUT2D eigenvalue weighted by Crippen LogP contribution is -2.38. The topological polar surface area (TPSA) is 98.1 Å². The molecule has 0 amide bonds. The van der Waals surface area contributed by atoms with Crippen molar-refractivity contribution >= 4 is 11.9 Å². The zero-order chi connectivity index (χ0) is 12.1. The van der Waals surface area contributed by atoms with E-state index in [9.17, 15) is 14.7 Å². The number of carboxylic acids is 2. The summed E-state index contributed by atoms with van der Waals surface area (Å²) in [5, 5.41) is 26.5. The van der Waals surface area contributed by atoms with Crippen molar-refractivity contribution < 1.29 is 24.9 Å². The zero-order valence-corrected chi connectivity index (χ0v) is 8.93. The van der Waals surface area contributed by atoms with Crippen molar-refractivity contribution in [2.45, 2.75) is 25.9 Å². The first-order valence-corrected chi connectivity index (χ1v) is 4.59. The molecule has 0 aliphatic carbocycles. The van der Waals surface area contributed by atoms with Crippen LogP contribution < -0.4 is 0 Å². The lowest BCUT2D eigenvalue weighted by Gasteiger charge is -2.23. The van der Waals surface area contributed by atoms with Crippen molar-refractivity contribution in [1.82, 2.24) is 4.90 Å². The molecule has 0 radical (unpaired) electrons. The predicted octanol–water partition coefficient (Wildman–Crippen LogP) is -0.381. The van der Waals surface area contributed by atoms with Crippen molar-refractivity contribution in [3.05, 3.63) is 0 Å². The maximum Gasteiger partial charge on any atom is 0.317 e. The summed E-state index contributed by atoms with van der Waals surface area (Å²) in [6, 6.07) is 0. The van der Waals surface area contributed by atoms with Gasteiger partial charge >= 0.3 is 11.9 Å². The number of carbonyl (C=O) groups is 2. The number of rotatable bonds is 7. The molecular weight excluding hydrogens is 202 g/mol. The second kappa shape index (κ2) is 5.67. The van der Waals surface area contributed by atoms with E-state index in [0.29, 0.717) is 6.42 Å². The largest absolute Gasteiger partial charge is 0.480 e. The Bertz CT molecular complexity index is 217. The fraction of sp³-hybridized carbons (Fsp3) is 0.778. The van der Waals surface area contributed by atoms with Crippen molar-refractivity contribution in [1.29, 1.82) is 0 Å². The van der Waals surface area contributed by atoms with Gasteiger partial charge in [-0.3, -0.25) is 14.5 Å². The highest BCUT2D eigenvalue weighted by molar-refractivity contribution is 5.72. The van der Waals surface area contributed by atoms with Gasteiger partial charge in [-0.05, 0) is 20.3 Å². The summed E-state index contributed by atoms with van der Waals surface area (Å²) in [4.78, 5) is 22.1. The highest BCUT2D eigenvalue weighted by atomic mass is 16.4. The third-order valence-electron chi connectivity index (χ3n) is 1.76. The fourth-order valence-corrected chi connectivity index (χ4v) is 1.03. The first-order chi connectivity index (χ1) is 6.70. The van der Waals surface area contributed by atoms with Crippen LogP contribution in [-0.2, 0) is 9.59 Å². The van der Waals surface area contributed by atoms with Gasteiger partial charge in [-0.25, -0.2) is 0 Å². The Morgan fingerprint density at radius 3 is 1.80 bits per heavy atom. The van der Waals surface area contributed by atoms with Gasteiger partial charge in [0.15, 0.2) is 0 Å². The van der Waals surface area contributed by atoms with Gasteiger partial charge in [0.1, 0.15) is 0 Å². The van der Waals surface area contributed by atoms with E-state index >= 15 is 0 Å². The van der Waals surface area contributed by atoms with Crippen LogP contribution in [0.3, 0.4) is 0 Å². The molecule has 0 saturated carbocycles. The Morgan fingerprint density at radius 2 is 1.53 bits per heavy atom. The summed E-state index contributed by atoms with van der Waals surface area (Å²) in [5.41, 5.74) is -0.921. The van der Waals surface area contributed by atoms with Crippen LogP contribution in [0.1, 0.15) is 20.3 Å². The van der Waals surface area contributed by atoms with Crippen LogP contribution in [0.25, 0.3) is 0 Å². The van der Waals surface area contributed by atoms with Crippen molar-refractivity contribution in [3.63, 3.8) is 0 Å². The van der Waals surface area contributed by atoms with Gasteiger partial charge < -0.3 is 15.3 Å². The molecule has 0 spiro atoms.